The van der Waals surface area contributed by atoms with Crippen LogP contribution < -0.4 is 10.1 Å². The van der Waals surface area contributed by atoms with E-state index < -0.39 is 18.0 Å². The summed E-state index contributed by atoms with van der Waals surface area (Å²) in [5.41, 5.74) is 1.43. The van der Waals surface area contributed by atoms with Crippen LogP contribution in [0.25, 0.3) is 5.69 Å². The van der Waals surface area contributed by atoms with Gasteiger partial charge >= 0.3 is 5.97 Å². The molecule has 0 aliphatic heterocycles. The summed E-state index contributed by atoms with van der Waals surface area (Å²) in [7, 11) is 1.54. The molecule has 0 spiro atoms. The second kappa shape index (κ2) is 8.09. The molecule has 2 aromatic carbocycles. The third kappa shape index (κ3) is 4.46. The van der Waals surface area contributed by atoms with Crippen molar-refractivity contribution in [3.05, 3.63) is 60.4 Å². The molecule has 0 aliphatic carbocycles. The minimum Gasteiger partial charge on any atom is -0.497 e. The number of tetrazole rings is 1. The Bertz CT molecular complexity index is 942. The van der Waals surface area contributed by atoms with E-state index in [9.17, 15) is 9.59 Å². The predicted octanol–water partition coefficient (Wildman–Crippen LogP) is 1.85. The number of rotatable bonds is 6. The number of hydrogen-bond donors (Lipinski definition) is 1. The Morgan fingerprint density at radius 2 is 1.96 bits per heavy atom. The fourth-order valence-electron chi connectivity index (χ4n) is 2.28. The van der Waals surface area contributed by atoms with Gasteiger partial charge in [-0.3, -0.25) is 4.79 Å². The number of amides is 1. The van der Waals surface area contributed by atoms with Gasteiger partial charge in [-0.15, -0.1) is 5.10 Å². The number of carbonyl (C=O) groups excluding carboxylic acids is 2. The molecule has 0 saturated heterocycles. The number of benzene rings is 2. The van der Waals surface area contributed by atoms with E-state index in [-0.39, 0.29) is 5.56 Å². The zero-order chi connectivity index (χ0) is 19.2. The molecule has 0 fully saturated rings. The summed E-state index contributed by atoms with van der Waals surface area (Å²) in [4.78, 5) is 24.6. The van der Waals surface area contributed by atoms with Crippen LogP contribution in [0, 0.1) is 0 Å². The van der Waals surface area contributed by atoms with Crippen LogP contribution in [0.15, 0.2) is 54.9 Å². The second-order valence-electron chi connectivity index (χ2n) is 5.57. The fourth-order valence-corrected chi connectivity index (χ4v) is 2.28. The third-order valence-corrected chi connectivity index (χ3v) is 3.69. The fraction of sp³-hybridized carbons (Fsp3) is 0.167. The topological polar surface area (TPSA) is 108 Å². The zero-order valence-electron chi connectivity index (χ0n) is 14.7. The number of ether oxygens (including phenoxy) is 2. The number of nitrogens with zero attached hydrogens (tertiary/aromatic N) is 4. The van der Waals surface area contributed by atoms with Gasteiger partial charge in [0.2, 0.25) is 0 Å². The number of aromatic nitrogens is 4. The van der Waals surface area contributed by atoms with Gasteiger partial charge in [-0.25, -0.2) is 9.48 Å². The van der Waals surface area contributed by atoms with Crippen LogP contribution in [0.4, 0.5) is 5.69 Å². The van der Waals surface area contributed by atoms with E-state index in [0.717, 1.165) is 0 Å². The van der Waals surface area contributed by atoms with Crippen LogP contribution >= 0.6 is 0 Å². The lowest BCUT2D eigenvalue weighted by molar-refractivity contribution is -0.123. The lowest BCUT2D eigenvalue weighted by Gasteiger charge is -2.14. The SMILES string of the molecule is COc1cccc(NC(=O)C(C)OC(=O)c2cccc(-n3cnnn3)c2)c1. The predicted molar refractivity (Wildman–Crippen MR) is 95.7 cm³/mol. The molecule has 3 aromatic rings. The van der Waals surface area contributed by atoms with Gasteiger partial charge in [0.1, 0.15) is 12.1 Å². The number of esters is 1. The van der Waals surface area contributed by atoms with Gasteiger partial charge in [0.25, 0.3) is 5.91 Å². The van der Waals surface area contributed by atoms with Gasteiger partial charge in [-0.1, -0.05) is 12.1 Å². The number of carbonyl (C=O) groups is 2. The molecule has 1 amide bonds. The highest BCUT2D eigenvalue weighted by Crippen LogP contribution is 2.17. The first kappa shape index (κ1) is 18.1. The van der Waals surface area contributed by atoms with Gasteiger partial charge < -0.3 is 14.8 Å². The van der Waals surface area contributed by atoms with Crippen molar-refractivity contribution < 1.29 is 19.1 Å². The zero-order valence-corrected chi connectivity index (χ0v) is 14.7. The third-order valence-electron chi connectivity index (χ3n) is 3.69. The molecule has 1 aromatic heterocycles. The Balaban J connectivity index is 1.64. The smallest absolute Gasteiger partial charge is 0.338 e. The molecule has 1 heterocycles. The highest BCUT2D eigenvalue weighted by molar-refractivity contribution is 5.97. The van der Waals surface area contributed by atoms with Crippen LogP contribution in [0.2, 0.25) is 0 Å². The van der Waals surface area contributed by atoms with Gasteiger partial charge in [0.05, 0.1) is 18.4 Å². The summed E-state index contributed by atoms with van der Waals surface area (Å²) >= 11 is 0. The first-order chi connectivity index (χ1) is 13.1. The van der Waals surface area contributed by atoms with Crippen molar-refractivity contribution >= 4 is 17.6 Å². The Kier molecular flexibility index (Phi) is 5.41. The van der Waals surface area contributed by atoms with Crippen molar-refractivity contribution in [1.82, 2.24) is 20.2 Å². The summed E-state index contributed by atoms with van der Waals surface area (Å²) < 4.78 is 11.8. The van der Waals surface area contributed by atoms with Gasteiger partial charge in [0.15, 0.2) is 6.10 Å². The summed E-state index contributed by atoms with van der Waals surface area (Å²) in [6.45, 7) is 1.50. The normalized spacial score (nSPS) is 11.5. The van der Waals surface area contributed by atoms with Crippen LogP contribution in [-0.2, 0) is 9.53 Å². The molecule has 138 valence electrons. The lowest BCUT2D eigenvalue weighted by atomic mass is 10.2. The highest BCUT2D eigenvalue weighted by atomic mass is 16.5. The van der Waals surface area contributed by atoms with Crippen molar-refractivity contribution in [2.75, 3.05) is 12.4 Å². The van der Waals surface area contributed by atoms with E-state index >= 15 is 0 Å². The van der Waals surface area contributed by atoms with E-state index in [1.165, 1.54) is 25.0 Å². The first-order valence-corrected chi connectivity index (χ1v) is 8.06. The van der Waals surface area contributed by atoms with Crippen LogP contribution in [0.3, 0.4) is 0 Å². The highest BCUT2D eigenvalue weighted by Gasteiger charge is 2.19. The molecule has 3 rings (SSSR count). The molecule has 0 aliphatic rings. The molecule has 9 heteroatoms. The van der Waals surface area contributed by atoms with E-state index in [2.05, 4.69) is 20.8 Å². The summed E-state index contributed by atoms with van der Waals surface area (Å²) in [5.74, 6) is -0.469. The number of anilines is 1. The monoisotopic (exact) mass is 367 g/mol. The van der Waals surface area contributed by atoms with Crippen molar-refractivity contribution in [2.24, 2.45) is 0 Å². The van der Waals surface area contributed by atoms with Crippen molar-refractivity contribution in [1.29, 1.82) is 0 Å². The molecule has 1 atom stereocenters. The molecule has 0 radical (unpaired) electrons. The molecule has 0 saturated carbocycles. The minimum atomic E-state index is -0.986. The van der Waals surface area contributed by atoms with Gasteiger partial charge in [-0.2, -0.15) is 0 Å². The standard InChI is InChI=1S/C18H17N5O4/c1-12(17(24)20-14-6-4-8-16(10-14)26-2)27-18(25)13-5-3-7-15(9-13)23-11-19-21-22-23/h3-12H,1-2H3,(H,20,24). The van der Waals surface area contributed by atoms with E-state index in [1.54, 1.807) is 48.5 Å². The maximum Gasteiger partial charge on any atom is 0.338 e. The first-order valence-electron chi connectivity index (χ1n) is 8.06. The molecule has 9 nitrogen and oxygen atoms in total. The molecule has 27 heavy (non-hydrogen) atoms. The number of nitrogens with one attached hydrogen (secondary N) is 1. The number of hydrogen-bond acceptors (Lipinski definition) is 7. The van der Waals surface area contributed by atoms with Crippen molar-refractivity contribution in [2.45, 2.75) is 13.0 Å². The molecule has 0 bridgehead atoms. The van der Waals surface area contributed by atoms with E-state index in [0.29, 0.717) is 17.1 Å². The van der Waals surface area contributed by atoms with E-state index in [1.807, 2.05) is 0 Å². The van der Waals surface area contributed by atoms with Crippen molar-refractivity contribution in [3.63, 3.8) is 0 Å². The Labute approximate surface area is 154 Å². The second-order valence-corrected chi connectivity index (χ2v) is 5.57. The summed E-state index contributed by atoms with van der Waals surface area (Å²) in [5, 5.41) is 13.5. The van der Waals surface area contributed by atoms with E-state index in [4.69, 9.17) is 9.47 Å². The minimum absolute atomic E-state index is 0.282. The average Bonchev–Trinajstić information content (AvgIpc) is 3.23. The van der Waals surface area contributed by atoms with Crippen LogP contribution in [0.1, 0.15) is 17.3 Å². The average molecular weight is 367 g/mol. The van der Waals surface area contributed by atoms with Gasteiger partial charge in [-0.05, 0) is 47.7 Å². The number of methoxy groups -OCH3 is 1. The van der Waals surface area contributed by atoms with Crippen LogP contribution in [0.5, 0.6) is 5.75 Å². The van der Waals surface area contributed by atoms with Crippen LogP contribution in [-0.4, -0.2) is 45.3 Å². The maximum atomic E-state index is 12.4. The van der Waals surface area contributed by atoms with Gasteiger partial charge in [0, 0.05) is 11.8 Å². The largest absolute Gasteiger partial charge is 0.497 e. The Morgan fingerprint density at radius 1 is 1.15 bits per heavy atom. The molecular weight excluding hydrogens is 350 g/mol. The summed E-state index contributed by atoms with van der Waals surface area (Å²) in [6.07, 6.45) is 0.426. The summed E-state index contributed by atoms with van der Waals surface area (Å²) in [6, 6.07) is 13.5. The maximum absolute atomic E-state index is 12.4. The Hall–Kier alpha value is -3.75. The Morgan fingerprint density at radius 3 is 2.70 bits per heavy atom. The quantitative estimate of drug-likeness (QED) is 0.662. The van der Waals surface area contributed by atoms with Crippen molar-refractivity contribution in [3.8, 4) is 11.4 Å². The molecule has 1 N–H and O–H groups in total. The lowest BCUT2D eigenvalue weighted by Crippen LogP contribution is -2.30. The molecule has 1 unspecified atom stereocenters. The molecular formula is C18H17N5O4.